The zero-order chi connectivity index (χ0) is 28.8. The molecule has 5 rings (SSSR count). The zero-order valence-electron chi connectivity index (χ0n) is 21.9. The number of amides is 3. The Kier molecular flexibility index (Phi) is 7.13. The third kappa shape index (κ3) is 5.18. The van der Waals surface area contributed by atoms with Crippen molar-refractivity contribution in [1.82, 2.24) is 20.0 Å². The van der Waals surface area contributed by atoms with E-state index in [9.17, 15) is 27.6 Å². The van der Waals surface area contributed by atoms with Crippen molar-refractivity contribution in [3.63, 3.8) is 0 Å². The van der Waals surface area contributed by atoms with Gasteiger partial charge >= 0.3 is 6.18 Å². The van der Waals surface area contributed by atoms with Crippen molar-refractivity contribution in [3.05, 3.63) is 92.8 Å². The Morgan fingerprint density at radius 3 is 2.33 bits per heavy atom. The van der Waals surface area contributed by atoms with Gasteiger partial charge in [-0.3, -0.25) is 24.0 Å². The molecule has 0 spiro atoms. The van der Waals surface area contributed by atoms with Gasteiger partial charge in [0.1, 0.15) is 7.85 Å². The van der Waals surface area contributed by atoms with E-state index in [0.717, 1.165) is 38.6 Å². The molecule has 12 heteroatoms. The summed E-state index contributed by atoms with van der Waals surface area (Å²) in [5, 5.41) is 7.14. The van der Waals surface area contributed by atoms with Crippen LogP contribution in [-0.2, 0) is 19.6 Å². The highest BCUT2D eigenvalue weighted by atomic mass is 32.1. The quantitative estimate of drug-likeness (QED) is 0.276. The number of imide groups is 1. The molecule has 3 heterocycles. The fraction of sp³-hybridized carbons (Fsp3) is 0.214. The van der Waals surface area contributed by atoms with Gasteiger partial charge in [-0.2, -0.15) is 18.3 Å². The van der Waals surface area contributed by atoms with Gasteiger partial charge in [-0.1, -0.05) is 30.3 Å². The van der Waals surface area contributed by atoms with Crippen molar-refractivity contribution >= 4 is 42.4 Å². The summed E-state index contributed by atoms with van der Waals surface area (Å²) in [6, 6.07) is 12.1. The maximum absolute atomic E-state index is 13.4. The van der Waals surface area contributed by atoms with Crippen LogP contribution in [-0.4, -0.2) is 52.8 Å². The molecule has 40 heavy (non-hydrogen) atoms. The first-order valence-electron chi connectivity index (χ1n) is 12.5. The lowest BCUT2D eigenvalue weighted by Crippen LogP contribution is -2.46. The number of aryl methyl sites for hydroxylation is 2. The molecule has 3 amide bonds. The minimum Gasteiger partial charge on any atom is -0.346 e. The summed E-state index contributed by atoms with van der Waals surface area (Å²) in [5.74, 6) is -1.47. The fourth-order valence-electron chi connectivity index (χ4n) is 4.97. The summed E-state index contributed by atoms with van der Waals surface area (Å²) >= 11 is 1.28. The second-order valence-corrected chi connectivity index (χ2v) is 11.0. The van der Waals surface area contributed by atoms with Crippen LogP contribution in [0.2, 0.25) is 0 Å². The van der Waals surface area contributed by atoms with Crippen LogP contribution in [0.5, 0.6) is 0 Å². The molecule has 2 aromatic carbocycles. The van der Waals surface area contributed by atoms with Crippen molar-refractivity contribution in [2.45, 2.75) is 25.6 Å². The van der Waals surface area contributed by atoms with Crippen molar-refractivity contribution in [1.29, 1.82) is 0 Å². The molecule has 7 nitrogen and oxygen atoms in total. The molecule has 1 N–H and O–H groups in total. The summed E-state index contributed by atoms with van der Waals surface area (Å²) in [6.07, 6.45) is -2.83. The first-order chi connectivity index (χ1) is 18.9. The molecule has 1 aliphatic rings. The van der Waals surface area contributed by atoms with E-state index < -0.39 is 35.5 Å². The average molecular weight is 564 g/mol. The molecule has 0 bridgehead atoms. The predicted octanol–water partition coefficient (Wildman–Crippen LogP) is 3.37. The summed E-state index contributed by atoms with van der Waals surface area (Å²) in [4.78, 5) is 41.8. The van der Waals surface area contributed by atoms with Gasteiger partial charge in [0, 0.05) is 30.2 Å². The van der Waals surface area contributed by atoms with Gasteiger partial charge in [0.05, 0.1) is 33.3 Å². The van der Waals surface area contributed by atoms with E-state index in [4.69, 9.17) is 0 Å². The van der Waals surface area contributed by atoms with Crippen LogP contribution >= 0.6 is 11.3 Å². The second kappa shape index (κ2) is 10.4. The Morgan fingerprint density at radius 2 is 1.73 bits per heavy atom. The SMILES string of the molecule is Bc1cnn(C)c1-c1cc(C(=O)N[C@@H](Cc2cccc(C(F)(F)F)c2)CN2C(=O)c3ccccc3C2=O)sc1C. The molecule has 1 aliphatic heterocycles. The number of nitrogens with zero attached hydrogens (tertiary/aromatic N) is 3. The summed E-state index contributed by atoms with van der Waals surface area (Å²) in [7, 11) is 3.73. The number of hydrogen-bond donors (Lipinski definition) is 1. The Balaban J connectivity index is 1.44. The first-order valence-corrected chi connectivity index (χ1v) is 13.3. The number of fused-ring (bicyclic) bond motifs is 1. The number of alkyl halides is 3. The number of benzene rings is 2. The number of carbonyl (C=O) groups excluding carboxylic acids is 3. The van der Waals surface area contributed by atoms with Gasteiger partial charge in [-0.25, -0.2) is 0 Å². The van der Waals surface area contributed by atoms with Crippen LogP contribution in [0.4, 0.5) is 13.2 Å². The summed E-state index contributed by atoms with van der Waals surface area (Å²) < 4.78 is 41.8. The number of hydrogen-bond acceptors (Lipinski definition) is 5. The summed E-state index contributed by atoms with van der Waals surface area (Å²) in [5.41, 5.74) is 2.67. The molecular weight excluding hydrogens is 540 g/mol. The van der Waals surface area contributed by atoms with E-state index in [-0.39, 0.29) is 24.1 Å². The lowest BCUT2D eigenvalue weighted by Gasteiger charge is -2.24. The Labute approximate surface area is 233 Å². The maximum Gasteiger partial charge on any atom is 0.416 e. The Hall–Kier alpha value is -4.19. The third-order valence-corrected chi connectivity index (χ3v) is 7.92. The smallest absolute Gasteiger partial charge is 0.346 e. The number of carbonyl (C=O) groups is 3. The van der Waals surface area contributed by atoms with Crippen LogP contribution in [0.1, 0.15) is 46.4 Å². The van der Waals surface area contributed by atoms with Gasteiger partial charge in [-0.15, -0.1) is 11.3 Å². The topological polar surface area (TPSA) is 84.3 Å². The number of halogens is 3. The average Bonchev–Trinajstić information content (AvgIpc) is 3.53. The number of nitrogens with one attached hydrogen (secondary N) is 1. The van der Waals surface area contributed by atoms with Crippen LogP contribution in [0.15, 0.2) is 60.8 Å². The molecule has 0 unspecified atom stereocenters. The Morgan fingerprint density at radius 1 is 1.05 bits per heavy atom. The highest BCUT2D eigenvalue weighted by Gasteiger charge is 2.37. The van der Waals surface area contributed by atoms with Gasteiger partial charge < -0.3 is 5.32 Å². The van der Waals surface area contributed by atoms with E-state index in [1.807, 2.05) is 21.8 Å². The molecule has 2 aromatic heterocycles. The Bertz CT molecular complexity index is 1590. The zero-order valence-corrected chi connectivity index (χ0v) is 22.7. The molecule has 1 atom stereocenters. The minimum atomic E-state index is -4.54. The van der Waals surface area contributed by atoms with Crippen molar-refractivity contribution in [2.24, 2.45) is 7.05 Å². The van der Waals surface area contributed by atoms with E-state index in [0.29, 0.717) is 10.4 Å². The molecule has 0 saturated heterocycles. The molecule has 204 valence electrons. The lowest BCUT2D eigenvalue weighted by atomic mass is 9.93. The van der Waals surface area contributed by atoms with Crippen molar-refractivity contribution in [3.8, 4) is 11.3 Å². The van der Waals surface area contributed by atoms with Gasteiger partial charge in [0.2, 0.25) is 0 Å². The highest BCUT2D eigenvalue weighted by Crippen LogP contribution is 2.31. The van der Waals surface area contributed by atoms with Crippen LogP contribution in [0.3, 0.4) is 0 Å². The van der Waals surface area contributed by atoms with E-state index in [1.165, 1.54) is 23.5 Å². The second-order valence-electron chi connectivity index (χ2n) is 9.72. The van der Waals surface area contributed by atoms with Crippen molar-refractivity contribution in [2.75, 3.05) is 6.54 Å². The van der Waals surface area contributed by atoms with Gasteiger partial charge in [0.15, 0.2) is 0 Å². The third-order valence-electron chi connectivity index (χ3n) is 6.87. The predicted molar refractivity (Wildman–Crippen MR) is 148 cm³/mol. The van der Waals surface area contributed by atoms with Crippen LogP contribution < -0.4 is 10.8 Å². The standard InChI is InChI=1S/C28H24BF3N4O3S/c1-15-21(24-22(29)13-33-35(24)2)12-23(40-15)25(37)34-18(11-16-6-5-7-17(10-16)28(30,31)32)14-36-26(38)19-8-3-4-9-20(19)27(36)39/h3-10,12-13,18H,11,14,29H2,1-2H3,(H,34,37)/t18-/m0/s1. The van der Waals surface area contributed by atoms with E-state index in [1.54, 1.807) is 41.2 Å². The number of rotatable bonds is 7. The van der Waals surface area contributed by atoms with Gasteiger partial charge in [-0.05, 0) is 48.6 Å². The normalized spacial score (nSPS) is 14.0. The maximum atomic E-state index is 13.4. The number of aromatic nitrogens is 2. The van der Waals surface area contributed by atoms with Gasteiger partial charge in [0.25, 0.3) is 17.7 Å². The molecule has 4 aromatic rings. The van der Waals surface area contributed by atoms with Crippen LogP contribution in [0, 0.1) is 6.92 Å². The first kappa shape index (κ1) is 27.4. The highest BCUT2D eigenvalue weighted by molar-refractivity contribution is 7.14. The van der Waals surface area contributed by atoms with E-state index in [2.05, 4.69) is 10.4 Å². The number of thiophene rings is 1. The lowest BCUT2D eigenvalue weighted by molar-refractivity contribution is -0.137. The van der Waals surface area contributed by atoms with Crippen LogP contribution in [0.25, 0.3) is 11.3 Å². The molecule has 0 saturated carbocycles. The molecule has 0 aliphatic carbocycles. The minimum absolute atomic E-state index is 0.0267. The summed E-state index contributed by atoms with van der Waals surface area (Å²) in [6.45, 7) is 1.69. The fourth-order valence-corrected chi connectivity index (χ4v) is 5.89. The molecular formula is C28H24BF3N4O3S. The molecule has 0 radical (unpaired) electrons. The van der Waals surface area contributed by atoms with Crippen molar-refractivity contribution < 1.29 is 27.6 Å². The van der Waals surface area contributed by atoms with E-state index >= 15 is 0 Å². The monoisotopic (exact) mass is 564 g/mol. The molecule has 0 fully saturated rings. The largest absolute Gasteiger partial charge is 0.416 e.